The predicted molar refractivity (Wildman–Crippen MR) is 116 cm³/mol. The highest BCUT2D eigenvalue weighted by Crippen LogP contribution is 2.32. The van der Waals surface area contributed by atoms with Gasteiger partial charge in [0.05, 0.1) is 11.0 Å². The SMILES string of the molecule is Nc1nc(N2CCC(Cc3ccccc3)CC2)nc(NC[C@H]2CCCO2)c1[N+](=O)[O-]. The van der Waals surface area contributed by atoms with Crippen LogP contribution >= 0.6 is 0 Å². The Morgan fingerprint density at radius 1 is 1.20 bits per heavy atom. The summed E-state index contributed by atoms with van der Waals surface area (Å²) < 4.78 is 5.60. The number of nitro groups is 1. The zero-order chi connectivity index (χ0) is 20.9. The summed E-state index contributed by atoms with van der Waals surface area (Å²) in [7, 11) is 0. The molecule has 0 spiro atoms. The second-order valence-corrected chi connectivity index (χ2v) is 8.00. The van der Waals surface area contributed by atoms with E-state index in [-0.39, 0.29) is 23.4 Å². The number of ether oxygens (including phenoxy) is 1. The number of anilines is 3. The molecule has 0 radical (unpaired) electrons. The lowest BCUT2D eigenvalue weighted by Crippen LogP contribution is -2.36. The Hall–Kier alpha value is -2.94. The lowest BCUT2D eigenvalue weighted by Gasteiger charge is -2.32. The number of nitrogens with one attached hydrogen (secondary N) is 1. The number of piperidine rings is 1. The average Bonchev–Trinajstić information content (AvgIpc) is 3.26. The number of nitrogen functional groups attached to an aromatic ring is 1. The average molecular weight is 412 g/mol. The lowest BCUT2D eigenvalue weighted by molar-refractivity contribution is -0.383. The summed E-state index contributed by atoms with van der Waals surface area (Å²) in [4.78, 5) is 21.8. The molecule has 0 unspecified atom stereocenters. The third-order valence-electron chi connectivity index (χ3n) is 5.87. The maximum atomic E-state index is 11.5. The monoisotopic (exact) mass is 412 g/mol. The van der Waals surface area contributed by atoms with E-state index in [1.165, 1.54) is 5.56 Å². The smallest absolute Gasteiger partial charge is 0.353 e. The topological polar surface area (TPSA) is 119 Å². The molecule has 4 rings (SSSR count). The van der Waals surface area contributed by atoms with Gasteiger partial charge < -0.3 is 20.7 Å². The van der Waals surface area contributed by atoms with Crippen molar-refractivity contribution in [2.75, 3.05) is 42.2 Å². The molecular formula is C21H28N6O3. The largest absolute Gasteiger partial charge is 0.378 e. The molecule has 2 fully saturated rings. The van der Waals surface area contributed by atoms with Crippen molar-refractivity contribution in [2.45, 2.75) is 38.2 Å². The van der Waals surface area contributed by atoms with Crippen LogP contribution in [-0.2, 0) is 11.2 Å². The molecule has 9 nitrogen and oxygen atoms in total. The summed E-state index contributed by atoms with van der Waals surface area (Å²) in [5, 5.41) is 14.6. The van der Waals surface area contributed by atoms with Gasteiger partial charge in [0, 0.05) is 26.2 Å². The van der Waals surface area contributed by atoms with Crippen molar-refractivity contribution in [3.05, 3.63) is 46.0 Å². The number of rotatable bonds is 7. The molecule has 160 valence electrons. The number of benzene rings is 1. The fourth-order valence-electron chi connectivity index (χ4n) is 4.20. The van der Waals surface area contributed by atoms with Crippen molar-refractivity contribution in [3.63, 3.8) is 0 Å². The molecule has 2 saturated heterocycles. The second kappa shape index (κ2) is 9.25. The van der Waals surface area contributed by atoms with Gasteiger partial charge in [0.15, 0.2) is 0 Å². The van der Waals surface area contributed by atoms with Gasteiger partial charge >= 0.3 is 5.69 Å². The minimum atomic E-state index is -0.525. The molecule has 0 saturated carbocycles. The van der Waals surface area contributed by atoms with Crippen LogP contribution < -0.4 is 16.0 Å². The number of hydrogen-bond acceptors (Lipinski definition) is 8. The lowest BCUT2D eigenvalue weighted by atomic mass is 9.90. The molecule has 2 aliphatic rings. The Kier molecular flexibility index (Phi) is 6.27. The molecule has 30 heavy (non-hydrogen) atoms. The van der Waals surface area contributed by atoms with Crippen molar-refractivity contribution in [1.82, 2.24) is 9.97 Å². The van der Waals surface area contributed by atoms with Crippen molar-refractivity contribution in [3.8, 4) is 0 Å². The molecule has 0 amide bonds. The molecule has 3 N–H and O–H groups in total. The fraction of sp³-hybridized carbons (Fsp3) is 0.524. The van der Waals surface area contributed by atoms with Crippen LogP contribution in [0.1, 0.15) is 31.2 Å². The van der Waals surface area contributed by atoms with E-state index in [0.717, 1.165) is 51.8 Å². The molecule has 1 aromatic carbocycles. The molecule has 1 aromatic heterocycles. The van der Waals surface area contributed by atoms with Crippen LogP contribution in [-0.4, -0.2) is 47.2 Å². The first-order valence-electron chi connectivity index (χ1n) is 10.6. The fourth-order valence-corrected chi connectivity index (χ4v) is 4.20. The van der Waals surface area contributed by atoms with Crippen LogP contribution in [0.5, 0.6) is 0 Å². The summed E-state index contributed by atoms with van der Waals surface area (Å²) in [5.41, 5.74) is 7.04. The number of aromatic nitrogens is 2. The first-order chi connectivity index (χ1) is 14.6. The quantitative estimate of drug-likeness (QED) is 0.526. The van der Waals surface area contributed by atoms with Gasteiger partial charge in [-0.2, -0.15) is 9.97 Å². The van der Waals surface area contributed by atoms with Gasteiger partial charge in [0.1, 0.15) is 0 Å². The van der Waals surface area contributed by atoms with Gasteiger partial charge in [-0.05, 0) is 43.6 Å². The van der Waals surface area contributed by atoms with Crippen molar-refractivity contribution in [2.24, 2.45) is 5.92 Å². The highest BCUT2D eigenvalue weighted by molar-refractivity contribution is 5.70. The van der Waals surface area contributed by atoms with E-state index < -0.39 is 4.92 Å². The second-order valence-electron chi connectivity index (χ2n) is 8.00. The van der Waals surface area contributed by atoms with E-state index in [4.69, 9.17) is 10.5 Å². The zero-order valence-corrected chi connectivity index (χ0v) is 17.0. The molecule has 2 aliphatic heterocycles. The Labute approximate surface area is 175 Å². The number of nitrogens with two attached hydrogens (primary N) is 1. The summed E-state index contributed by atoms with van der Waals surface area (Å²) in [6.45, 7) is 2.80. The minimum Gasteiger partial charge on any atom is -0.378 e. The predicted octanol–water partition coefficient (Wildman–Crippen LogP) is 3.02. The van der Waals surface area contributed by atoms with Gasteiger partial charge in [-0.3, -0.25) is 10.1 Å². The summed E-state index contributed by atoms with van der Waals surface area (Å²) in [6, 6.07) is 10.5. The zero-order valence-electron chi connectivity index (χ0n) is 17.0. The molecule has 0 aliphatic carbocycles. The normalized spacial score (nSPS) is 19.7. The number of nitrogens with zero attached hydrogens (tertiary/aromatic N) is 4. The van der Waals surface area contributed by atoms with Gasteiger partial charge in [0.25, 0.3) is 0 Å². The van der Waals surface area contributed by atoms with E-state index in [1.54, 1.807) is 0 Å². The molecular weight excluding hydrogens is 384 g/mol. The van der Waals surface area contributed by atoms with Crippen molar-refractivity contribution < 1.29 is 9.66 Å². The van der Waals surface area contributed by atoms with E-state index in [2.05, 4.69) is 44.5 Å². The van der Waals surface area contributed by atoms with E-state index in [1.807, 2.05) is 6.07 Å². The molecule has 1 atom stereocenters. The third kappa shape index (κ3) is 4.79. The van der Waals surface area contributed by atoms with Gasteiger partial charge in [-0.1, -0.05) is 30.3 Å². The number of hydrogen-bond donors (Lipinski definition) is 2. The summed E-state index contributed by atoms with van der Waals surface area (Å²) >= 11 is 0. The van der Waals surface area contributed by atoms with Crippen LogP contribution in [0.15, 0.2) is 30.3 Å². The maximum absolute atomic E-state index is 11.5. The molecule has 2 aromatic rings. The minimum absolute atomic E-state index is 0.0398. The van der Waals surface area contributed by atoms with Gasteiger partial charge in [0.2, 0.25) is 17.6 Å². The van der Waals surface area contributed by atoms with Gasteiger partial charge in [-0.25, -0.2) is 0 Å². The Balaban J connectivity index is 1.43. The van der Waals surface area contributed by atoms with E-state index >= 15 is 0 Å². The maximum Gasteiger partial charge on any atom is 0.353 e. The third-order valence-corrected chi connectivity index (χ3v) is 5.87. The molecule has 0 bridgehead atoms. The Bertz CT molecular complexity index is 865. The summed E-state index contributed by atoms with van der Waals surface area (Å²) in [6.07, 6.45) is 5.08. The first-order valence-corrected chi connectivity index (χ1v) is 10.6. The van der Waals surface area contributed by atoms with Crippen LogP contribution in [0.4, 0.5) is 23.3 Å². The molecule has 9 heteroatoms. The van der Waals surface area contributed by atoms with Crippen molar-refractivity contribution >= 4 is 23.3 Å². The highest BCUT2D eigenvalue weighted by Gasteiger charge is 2.28. The van der Waals surface area contributed by atoms with E-state index in [9.17, 15) is 10.1 Å². The van der Waals surface area contributed by atoms with Crippen molar-refractivity contribution in [1.29, 1.82) is 0 Å². The molecule has 3 heterocycles. The van der Waals surface area contributed by atoms with Crippen LogP contribution in [0.2, 0.25) is 0 Å². The first kappa shape index (κ1) is 20.3. The van der Waals surface area contributed by atoms with Gasteiger partial charge in [-0.15, -0.1) is 0 Å². The van der Waals surface area contributed by atoms with Crippen LogP contribution in [0.25, 0.3) is 0 Å². The Morgan fingerprint density at radius 3 is 2.63 bits per heavy atom. The Morgan fingerprint density at radius 2 is 1.97 bits per heavy atom. The van der Waals surface area contributed by atoms with E-state index in [0.29, 0.717) is 18.4 Å². The van der Waals surface area contributed by atoms with Crippen LogP contribution in [0.3, 0.4) is 0 Å². The summed E-state index contributed by atoms with van der Waals surface area (Å²) in [5.74, 6) is 1.12. The van der Waals surface area contributed by atoms with Crippen LogP contribution in [0, 0.1) is 16.0 Å². The standard InChI is InChI=1S/C21H28N6O3/c22-19-18(27(28)29)20(23-14-17-7-4-12-30-17)25-21(24-19)26-10-8-16(9-11-26)13-15-5-2-1-3-6-15/h1-3,5-6,16-17H,4,7-14H2,(H3,22,23,24,25)/t17-/m1/s1. The highest BCUT2D eigenvalue weighted by atomic mass is 16.6.